The molecule has 6 heteroatoms. The van der Waals surface area contributed by atoms with Crippen LogP contribution in [0.1, 0.15) is 0 Å². The Hall–Kier alpha value is -3.12. The van der Waals surface area contributed by atoms with E-state index in [1.807, 2.05) is 66.7 Å². The Morgan fingerprint density at radius 3 is 2.38 bits per heavy atom. The summed E-state index contributed by atoms with van der Waals surface area (Å²) in [5, 5.41) is 0.589. The van der Waals surface area contributed by atoms with Gasteiger partial charge in [0.15, 0.2) is 11.5 Å². The van der Waals surface area contributed by atoms with Crippen molar-refractivity contribution in [2.75, 3.05) is 13.7 Å². The number of hydrogen-bond donors (Lipinski definition) is 0. The first-order chi connectivity index (χ1) is 14.2. The molecule has 29 heavy (non-hydrogen) atoms. The summed E-state index contributed by atoms with van der Waals surface area (Å²) < 4.78 is 13.8. The van der Waals surface area contributed by atoms with Gasteiger partial charge in [0, 0.05) is 10.0 Å². The molecule has 1 heterocycles. The molecule has 0 fully saturated rings. The molecule has 4 aromatic rings. The van der Waals surface area contributed by atoms with E-state index < -0.39 is 0 Å². The summed E-state index contributed by atoms with van der Waals surface area (Å²) in [6, 6.07) is 22.6. The average molecular weight is 451 g/mol. The number of hydrogen-bond acceptors (Lipinski definition) is 4. The number of rotatable bonds is 6. The summed E-state index contributed by atoms with van der Waals surface area (Å²) in [5.74, 6) is 1.91. The van der Waals surface area contributed by atoms with Gasteiger partial charge in [-0.25, -0.2) is 4.98 Å². The fourth-order valence-corrected chi connectivity index (χ4v) is 3.44. The predicted octanol–water partition coefficient (Wildman–Crippen LogP) is 4.91. The van der Waals surface area contributed by atoms with Crippen LogP contribution in [-0.4, -0.2) is 23.3 Å². The first-order valence-electron chi connectivity index (χ1n) is 9.19. The lowest BCUT2D eigenvalue weighted by Crippen LogP contribution is -2.26. The third-order valence-corrected chi connectivity index (χ3v) is 5.13. The molecule has 0 atom stereocenters. The maximum absolute atomic E-state index is 13.2. The number of para-hydroxylation sites is 3. The second-order valence-electron chi connectivity index (χ2n) is 6.42. The van der Waals surface area contributed by atoms with Crippen LogP contribution in [0, 0.1) is 0 Å². The predicted molar refractivity (Wildman–Crippen MR) is 118 cm³/mol. The van der Waals surface area contributed by atoms with Crippen LogP contribution in [0.15, 0.2) is 82.1 Å². The maximum Gasteiger partial charge on any atom is 0.261 e. The van der Waals surface area contributed by atoms with Crippen LogP contribution < -0.4 is 15.0 Å². The zero-order valence-electron chi connectivity index (χ0n) is 15.8. The van der Waals surface area contributed by atoms with Gasteiger partial charge in [0.1, 0.15) is 12.4 Å². The van der Waals surface area contributed by atoms with Gasteiger partial charge in [0.25, 0.3) is 5.56 Å². The molecule has 1 aromatic heterocycles. The van der Waals surface area contributed by atoms with E-state index in [-0.39, 0.29) is 5.56 Å². The second kappa shape index (κ2) is 8.49. The van der Waals surface area contributed by atoms with Gasteiger partial charge < -0.3 is 9.47 Å². The Bertz CT molecular complexity index is 1200. The fraction of sp³-hybridized carbons (Fsp3) is 0.130. The van der Waals surface area contributed by atoms with Crippen molar-refractivity contribution < 1.29 is 9.47 Å². The molecule has 0 aliphatic rings. The van der Waals surface area contributed by atoms with Crippen LogP contribution >= 0.6 is 15.9 Å². The molecule has 0 aliphatic carbocycles. The average Bonchev–Trinajstić information content (AvgIpc) is 2.76. The molecule has 0 radical (unpaired) electrons. The van der Waals surface area contributed by atoms with Gasteiger partial charge in [-0.1, -0.05) is 52.3 Å². The third-order valence-electron chi connectivity index (χ3n) is 4.61. The molecule has 0 bridgehead atoms. The van der Waals surface area contributed by atoms with Crippen molar-refractivity contribution in [3.8, 4) is 22.9 Å². The minimum Gasteiger partial charge on any atom is -0.493 e. The van der Waals surface area contributed by atoms with E-state index in [2.05, 4.69) is 15.9 Å². The number of aromatic nitrogens is 2. The van der Waals surface area contributed by atoms with Crippen LogP contribution in [-0.2, 0) is 6.54 Å². The Morgan fingerprint density at radius 2 is 1.62 bits per heavy atom. The molecular formula is C23H19BrN2O3. The normalized spacial score (nSPS) is 10.8. The maximum atomic E-state index is 13.2. The van der Waals surface area contributed by atoms with Crippen LogP contribution in [0.5, 0.6) is 11.5 Å². The summed E-state index contributed by atoms with van der Waals surface area (Å²) in [6.07, 6.45) is 0. The van der Waals surface area contributed by atoms with Crippen LogP contribution in [0.2, 0.25) is 0 Å². The zero-order valence-corrected chi connectivity index (χ0v) is 17.4. The Morgan fingerprint density at radius 1 is 0.931 bits per heavy atom. The molecule has 0 N–H and O–H groups in total. The highest BCUT2D eigenvalue weighted by atomic mass is 79.9. The van der Waals surface area contributed by atoms with Crippen molar-refractivity contribution in [2.45, 2.75) is 6.54 Å². The van der Waals surface area contributed by atoms with E-state index in [4.69, 9.17) is 14.5 Å². The summed E-state index contributed by atoms with van der Waals surface area (Å²) >= 11 is 3.45. The van der Waals surface area contributed by atoms with Crippen molar-refractivity contribution in [1.82, 2.24) is 9.55 Å². The monoisotopic (exact) mass is 450 g/mol. The molecule has 0 aliphatic heterocycles. The molecule has 5 nitrogen and oxygen atoms in total. The van der Waals surface area contributed by atoms with Gasteiger partial charge in [-0.05, 0) is 36.4 Å². The van der Waals surface area contributed by atoms with Gasteiger partial charge in [0.05, 0.1) is 24.6 Å². The molecular weight excluding hydrogens is 432 g/mol. The van der Waals surface area contributed by atoms with Gasteiger partial charge in [-0.2, -0.15) is 0 Å². The van der Waals surface area contributed by atoms with E-state index in [0.717, 1.165) is 10.0 Å². The lowest BCUT2D eigenvalue weighted by Gasteiger charge is -2.15. The van der Waals surface area contributed by atoms with Gasteiger partial charge in [-0.3, -0.25) is 9.36 Å². The number of methoxy groups -OCH3 is 1. The lowest BCUT2D eigenvalue weighted by molar-refractivity contribution is 0.278. The van der Waals surface area contributed by atoms with Crippen molar-refractivity contribution in [2.24, 2.45) is 0 Å². The first kappa shape index (κ1) is 19.2. The van der Waals surface area contributed by atoms with Crippen molar-refractivity contribution >= 4 is 26.8 Å². The standard InChI is InChI=1S/C23H19BrN2O3/c1-28-20-8-4-5-9-21(20)29-15-14-26-22(16-10-12-17(24)13-11-16)25-19-7-3-2-6-18(19)23(26)27/h2-13H,14-15H2,1H3. The second-order valence-corrected chi connectivity index (χ2v) is 7.33. The summed E-state index contributed by atoms with van der Waals surface area (Å²) in [5.41, 5.74) is 1.46. The van der Waals surface area contributed by atoms with E-state index in [9.17, 15) is 4.79 Å². The summed E-state index contributed by atoms with van der Waals surface area (Å²) in [4.78, 5) is 18.0. The Balaban J connectivity index is 1.71. The number of nitrogens with zero attached hydrogens (tertiary/aromatic N) is 2. The Labute approximate surface area is 176 Å². The molecule has 0 saturated carbocycles. The third kappa shape index (κ3) is 4.03. The smallest absolute Gasteiger partial charge is 0.261 e. The summed E-state index contributed by atoms with van der Waals surface area (Å²) in [6.45, 7) is 0.671. The zero-order chi connectivity index (χ0) is 20.2. The highest BCUT2D eigenvalue weighted by Crippen LogP contribution is 2.26. The fourth-order valence-electron chi connectivity index (χ4n) is 3.18. The molecule has 0 amide bonds. The molecule has 0 saturated heterocycles. The van der Waals surface area contributed by atoms with E-state index >= 15 is 0 Å². The number of halogens is 1. The van der Waals surface area contributed by atoms with Crippen LogP contribution in [0.3, 0.4) is 0 Å². The largest absolute Gasteiger partial charge is 0.493 e. The van der Waals surface area contributed by atoms with Crippen molar-refractivity contribution in [1.29, 1.82) is 0 Å². The van der Waals surface area contributed by atoms with E-state index in [0.29, 0.717) is 41.4 Å². The molecule has 146 valence electrons. The van der Waals surface area contributed by atoms with Crippen LogP contribution in [0.25, 0.3) is 22.3 Å². The molecule has 3 aromatic carbocycles. The van der Waals surface area contributed by atoms with Gasteiger partial charge in [-0.15, -0.1) is 0 Å². The van der Waals surface area contributed by atoms with Crippen molar-refractivity contribution in [3.05, 3.63) is 87.6 Å². The SMILES string of the molecule is COc1ccccc1OCCn1c(-c2ccc(Br)cc2)nc2ccccc2c1=O. The van der Waals surface area contributed by atoms with E-state index in [1.165, 1.54) is 0 Å². The number of benzene rings is 3. The highest BCUT2D eigenvalue weighted by molar-refractivity contribution is 9.10. The Kier molecular flexibility index (Phi) is 5.62. The van der Waals surface area contributed by atoms with Crippen LogP contribution in [0.4, 0.5) is 0 Å². The topological polar surface area (TPSA) is 53.4 Å². The first-order valence-corrected chi connectivity index (χ1v) is 9.98. The van der Waals surface area contributed by atoms with Gasteiger partial charge in [0.2, 0.25) is 0 Å². The van der Waals surface area contributed by atoms with Crippen molar-refractivity contribution in [3.63, 3.8) is 0 Å². The van der Waals surface area contributed by atoms with E-state index in [1.54, 1.807) is 17.7 Å². The number of ether oxygens (including phenoxy) is 2. The molecule has 0 unspecified atom stereocenters. The highest BCUT2D eigenvalue weighted by Gasteiger charge is 2.13. The minimum absolute atomic E-state index is 0.0860. The summed E-state index contributed by atoms with van der Waals surface area (Å²) in [7, 11) is 1.60. The number of fused-ring (bicyclic) bond motifs is 1. The van der Waals surface area contributed by atoms with Gasteiger partial charge >= 0.3 is 0 Å². The quantitative estimate of drug-likeness (QED) is 0.418. The lowest BCUT2D eigenvalue weighted by atomic mass is 10.2. The minimum atomic E-state index is -0.0860. The molecule has 0 spiro atoms. The molecule has 4 rings (SSSR count).